The number of nitrogens with zero attached hydrogens (tertiary/aromatic N) is 3. The van der Waals surface area contributed by atoms with Crippen LogP contribution in [0.5, 0.6) is 11.5 Å². The quantitative estimate of drug-likeness (QED) is 0.883. The topological polar surface area (TPSA) is 69.2 Å². The van der Waals surface area contributed by atoms with E-state index in [1.165, 1.54) is 6.33 Å². The van der Waals surface area contributed by atoms with Gasteiger partial charge in [-0.2, -0.15) is 4.98 Å². The lowest BCUT2D eigenvalue weighted by molar-refractivity contribution is 0.288. The molecule has 0 aliphatic rings. The van der Waals surface area contributed by atoms with Gasteiger partial charge in [-0.3, -0.25) is 0 Å². The average molecular weight is 295 g/mol. The Kier molecular flexibility index (Phi) is 4.95. The maximum absolute atomic E-state index is 5.71. The molecule has 20 heavy (non-hydrogen) atoms. The van der Waals surface area contributed by atoms with E-state index in [-0.39, 0.29) is 5.28 Å². The van der Waals surface area contributed by atoms with Crippen molar-refractivity contribution in [2.24, 2.45) is 0 Å². The van der Waals surface area contributed by atoms with Gasteiger partial charge in [0.2, 0.25) is 11.2 Å². The van der Waals surface area contributed by atoms with Gasteiger partial charge in [0.15, 0.2) is 11.5 Å². The van der Waals surface area contributed by atoms with E-state index < -0.39 is 0 Å². The Morgan fingerprint density at radius 1 is 1.10 bits per heavy atom. The van der Waals surface area contributed by atoms with E-state index in [0.717, 1.165) is 5.69 Å². The van der Waals surface area contributed by atoms with Crippen LogP contribution in [0.3, 0.4) is 0 Å². The summed E-state index contributed by atoms with van der Waals surface area (Å²) in [4.78, 5) is 11.7. The number of hydrogen-bond donors (Lipinski definition) is 1. The predicted molar refractivity (Wildman–Crippen MR) is 76.9 cm³/mol. The Morgan fingerprint density at radius 3 is 2.55 bits per heavy atom. The zero-order valence-corrected chi connectivity index (χ0v) is 12.0. The average Bonchev–Trinajstić information content (AvgIpc) is 2.42. The highest BCUT2D eigenvalue weighted by atomic mass is 35.5. The van der Waals surface area contributed by atoms with Crippen LogP contribution >= 0.6 is 11.6 Å². The Labute approximate surface area is 122 Å². The summed E-state index contributed by atoms with van der Waals surface area (Å²) in [5.74, 6) is 1.74. The number of hydrogen-bond acceptors (Lipinski definition) is 6. The molecule has 0 unspecified atom stereocenters. The van der Waals surface area contributed by atoms with Crippen molar-refractivity contribution >= 4 is 23.2 Å². The van der Waals surface area contributed by atoms with E-state index >= 15 is 0 Å². The molecule has 0 aliphatic carbocycles. The van der Waals surface area contributed by atoms with Crippen LogP contribution in [0.15, 0.2) is 24.5 Å². The molecule has 1 N–H and O–H groups in total. The summed E-state index contributed by atoms with van der Waals surface area (Å²) in [7, 11) is 0. The van der Waals surface area contributed by atoms with Gasteiger partial charge in [-0.25, -0.2) is 9.97 Å². The fourth-order valence-electron chi connectivity index (χ4n) is 1.59. The molecule has 0 saturated heterocycles. The molecule has 1 aromatic carbocycles. The normalized spacial score (nSPS) is 10.2. The Bertz CT molecular complexity index is 580. The molecule has 0 fully saturated rings. The van der Waals surface area contributed by atoms with Gasteiger partial charge in [0.25, 0.3) is 0 Å². The van der Waals surface area contributed by atoms with Crippen molar-refractivity contribution in [2.75, 3.05) is 18.5 Å². The van der Waals surface area contributed by atoms with Gasteiger partial charge in [-0.1, -0.05) is 0 Å². The largest absolute Gasteiger partial charge is 0.490 e. The lowest BCUT2D eigenvalue weighted by Crippen LogP contribution is -2.01. The third-order valence-electron chi connectivity index (χ3n) is 2.34. The zero-order chi connectivity index (χ0) is 14.4. The number of benzene rings is 1. The molecule has 2 aromatic rings. The predicted octanol–water partition coefficient (Wildman–Crippen LogP) is 3.07. The second-order valence-electron chi connectivity index (χ2n) is 3.73. The van der Waals surface area contributed by atoms with Gasteiger partial charge in [0, 0.05) is 11.8 Å². The van der Waals surface area contributed by atoms with Gasteiger partial charge in [-0.15, -0.1) is 0 Å². The second kappa shape index (κ2) is 6.91. The van der Waals surface area contributed by atoms with Crippen LogP contribution in [-0.4, -0.2) is 28.2 Å². The molecule has 0 amide bonds. The number of anilines is 2. The van der Waals surface area contributed by atoms with Crippen LogP contribution in [0.4, 0.5) is 11.6 Å². The summed E-state index contributed by atoms with van der Waals surface area (Å²) >= 11 is 5.71. The summed E-state index contributed by atoms with van der Waals surface area (Å²) < 4.78 is 11.0. The first-order valence-electron chi connectivity index (χ1n) is 6.24. The minimum absolute atomic E-state index is 0.137. The van der Waals surface area contributed by atoms with Gasteiger partial charge >= 0.3 is 0 Å². The Hall–Kier alpha value is -2.08. The minimum atomic E-state index is 0.137. The monoisotopic (exact) mass is 294 g/mol. The molecular weight excluding hydrogens is 280 g/mol. The van der Waals surface area contributed by atoms with Crippen molar-refractivity contribution in [2.45, 2.75) is 13.8 Å². The molecule has 106 valence electrons. The molecule has 2 rings (SSSR count). The van der Waals surface area contributed by atoms with Crippen molar-refractivity contribution in [3.05, 3.63) is 29.8 Å². The fourth-order valence-corrected chi connectivity index (χ4v) is 1.72. The van der Waals surface area contributed by atoms with E-state index in [1.54, 1.807) is 0 Å². The van der Waals surface area contributed by atoms with Crippen molar-refractivity contribution in [3.8, 4) is 11.5 Å². The molecule has 0 atom stereocenters. The third-order valence-corrected chi connectivity index (χ3v) is 2.52. The SMILES string of the molecule is CCOc1ccc(Nc2ncnc(Cl)n2)cc1OCC. The smallest absolute Gasteiger partial charge is 0.231 e. The minimum Gasteiger partial charge on any atom is -0.490 e. The fraction of sp³-hybridized carbons (Fsp3) is 0.308. The van der Waals surface area contributed by atoms with Crippen LogP contribution in [0.2, 0.25) is 5.28 Å². The summed E-state index contributed by atoms with van der Waals surface area (Å²) in [6.45, 7) is 4.98. The number of rotatable bonds is 6. The van der Waals surface area contributed by atoms with Crippen molar-refractivity contribution in [1.29, 1.82) is 0 Å². The van der Waals surface area contributed by atoms with Gasteiger partial charge in [0.1, 0.15) is 6.33 Å². The molecular formula is C13H15ClN4O2. The Morgan fingerprint density at radius 2 is 1.85 bits per heavy atom. The summed E-state index contributed by atoms with van der Waals surface area (Å²) in [5.41, 5.74) is 0.777. The van der Waals surface area contributed by atoms with Gasteiger partial charge < -0.3 is 14.8 Å². The summed E-state index contributed by atoms with van der Waals surface area (Å²) in [6, 6.07) is 5.51. The molecule has 1 heterocycles. The number of halogens is 1. The van der Waals surface area contributed by atoms with E-state index in [1.807, 2.05) is 32.0 Å². The lowest BCUT2D eigenvalue weighted by Gasteiger charge is -2.12. The molecule has 0 saturated carbocycles. The standard InChI is InChI=1S/C13H15ClN4O2/c1-3-19-10-6-5-9(7-11(10)20-4-2)17-13-16-8-15-12(14)18-13/h5-8H,3-4H2,1-2H3,(H,15,16,17,18). The molecule has 0 bridgehead atoms. The first-order chi connectivity index (χ1) is 9.72. The molecule has 0 radical (unpaired) electrons. The molecule has 6 nitrogen and oxygen atoms in total. The molecule has 0 aliphatic heterocycles. The van der Waals surface area contributed by atoms with E-state index in [0.29, 0.717) is 30.7 Å². The first-order valence-corrected chi connectivity index (χ1v) is 6.62. The van der Waals surface area contributed by atoms with Crippen LogP contribution in [-0.2, 0) is 0 Å². The molecule has 1 aromatic heterocycles. The number of ether oxygens (including phenoxy) is 2. The highest BCUT2D eigenvalue weighted by Crippen LogP contribution is 2.31. The van der Waals surface area contributed by atoms with Crippen LogP contribution in [0.1, 0.15) is 13.8 Å². The van der Waals surface area contributed by atoms with Gasteiger partial charge in [-0.05, 0) is 37.6 Å². The van der Waals surface area contributed by atoms with Crippen LogP contribution in [0.25, 0.3) is 0 Å². The zero-order valence-electron chi connectivity index (χ0n) is 11.3. The maximum Gasteiger partial charge on any atom is 0.231 e. The van der Waals surface area contributed by atoms with E-state index in [4.69, 9.17) is 21.1 Å². The van der Waals surface area contributed by atoms with Crippen molar-refractivity contribution in [3.63, 3.8) is 0 Å². The van der Waals surface area contributed by atoms with Crippen LogP contribution < -0.4 is 14.8 Å². The van der Waals surface area contributed by atoms with E-state index in [9.17, 15) is 0 Å². The molecule has 7 heteroatoms. The number of aromatic nitrogens is 3. The second-order valence-corrected chi connectivity index (χ2v) is 4.07. The first kappa shape index (κ1) is 14.3. The summed E-state index contributed by atoms with van der Waals surface area (Å²) in [6.07, 6.45) is 1.34. The van der Waals surface area contributed by atoms with Crippen molar-refractivity contribution in [1.82, 2.24) is 15.0 Å². The van der Waals surface area contributed by atoms with Gasteiger partial charge in [0.05, 0.1) is 13.2 Å². The Balaban J connectivity index is 2.22. The summed E-state index contributed by atoms with van der Waals surface area (Å²) in [5, 5.41) is 3.17. The van der Waals surface area contributed by atoms with Crippen LogP contribution in [0, 0.1) is 0 Å². The third kappa shape index (κ3) is 3.71. The number of nitrogens with one attached hydrogen (secondary N) is 1. The highest BCUT2D eigenvalue weighted by molar-refractivity contribution is 6.28. The van der Waals surface area contributed by atoms with Crippen molar-refractivity contribution < 1.29 is 9.47 Å². The highest BCUT2D eigenvalue weighted by Gasteiger charge is 2.07. The lowest BCUT2D eigenvalue weighted by atomic mass is 10.2. The molecule has 0 spiro atoms. The van der Waals surface area contributed by atoms with E-state index in [2.05, 4.69) is 20.3 Å². The maximum atomic E-state index is 5.71.